The number of rotatable bonds is 3. The smallest absolute Gasteiger partial charge is 0.412 e. The molecule has 0 spiro atoms. The van der Waals surface area contributed by atoms with Crippen molar-refractivity contribution in [3.05, 3.63) is 64.6 Å². The van der Waals surface area contributed by atoms with Gasteiger partial charge in [-0.25, -0.2) is 4.79 Å². The molecule has 0 saturated carbocycles. The minimum Gasteiger partial charge on any atom is -0.465 e. The molecule has 4 heteroatoms. The lowest BCUT2D eigenvalue weighted by atomic mass is 10.2. The summed E-state index contributed by atoms with van der Waals surface area (Å²) in [5, 5.41) is 9.29. The second kappa shape index (κ2) is 5.69. The number of nitrogens with zero attached hydrogens (tertiary/aromatic N) is 1. The van der Waals surface area contributed by atoms with Crippen molar-refractivity contribution in [2.24, 2.45) is 0 Å². The third-order valence-corrected chi connectivity index (χ3v) is 3.03. The molecule has 0 fully saturated rings. The maximum Gasteiger partial charge on any atom is 0.412 e. The fourth-order valence-electron chi connectivity index (χ4n) is 1.68. The molecule has 2 aromatic rings. The third kappa shape index (κ3) is 3.11. The first-order valence-electron chi connectivity index (χ1n) is 5.47. The van der Waals surface area contributed by atoms with E-state index in [9.17, 15) is 9.90 Å². The van der Waals surface area contributed by atoms with E-state index >= 15 is 0 Å². The van der Waals surface area contributed by atoms with Crippen LogP contribution in [-0.4, -0.2) is 11.2 Å². The highest BCUT2D eigenvalue weighted by molar-refractivity contribution is 9.10. The first-order chi connectivity index (χ1) is 8.66. The van der Waals surface area contributed by atoms with Crippen LogP contribution in [0.2, 0.25) is 0 Å². The Labute approximate surface area is 114 Å². The Morgan fingerprint density at radius 1 is 1.11 bits per heavy atom. The highest BCUT2D eigenvalue weighted by Gasteiger charge is 2.14. The zero-order valence-electron chi connectivity index (χ0n) is 9.58. The predicted molar refractivity (Wildman–Crippen MR) is 74.8 cm³/mol. The van der Waals surface area contributed by atoms with Gasteiger partial charge in [0.15, 0.2) is 0 Å². The molecular formula is C14H12BrNO2. The van der Waals surface area contributed by atoms with Crippen molar-refractivity contribution in [3.63, 3.8) is 0 Å². The Kier molecular flexibility index (Phi) is 3.99. The van der Waals surface area contributed by atoms with Crippen molar-refractivity contribution >= 4 is 27.7 Å². The Hall–Kier alpha value is -1.81. The summed E-state index contributed by atoms with van der Waals surface area (Å²) in [5.74, 6) is 0. The van der Waals surface area contributed by atoms with E-state index in [2.05, 4.69) is 15.9 Å². The summed E-state index contributed by atoms with van der Waals surface area (Å²) >= 11 is 3.35. The zero-order valence-corrected chi connectivity index (χ0v) is 11.2. The summed E-state index contributed by atoms with van der Waals surface area (Å²) in [6, 6.07) is 16.8. The lowest BCUT2D eigenvalue weighted by molar-refractivity contribution is 0.201. The summed E-state index contributed by atoms with van der Waals surface area (Å²) in [7, 11) is 0. The van der Waals surface area contributed by atoms with Crippen molar-refractivity contribution < 1.29 is 9.90 Å². The van der Waals surface area contributed by atoms with Crippen LogP contribution >= 0.6 is 15.9 Å². The van der Waals surface area contributed by atoms with Crippen LogP contribution in [0.15, 0.2) is 59.1 Å². The third-order valence-electron chi connectivity index (χ3n) is 2.53. The van der Waals surface area contributed by atoms with E-state index < -0.39 is 6.09 Å². The molecule has 3 nitrogen and oxygen atoms in total. The minimum absolute atomic E-state index is 0.340. The van der Waals surface area contributed by atoms with Gasteiger partial charge in [0.05, 0.1) is 6.54 Å². The first kappa shape index (κ1) is 12.6. The monoisotopic (exact) mass is 305 g/mol. The lowest BCUT2D eigenvalue weighted by Gasteiger charge is -2.19. The number of benzene rings is 2. The highest BCUT2D eigenvalue weighted by Crippen LogP contribution is 2.21. The number of hydrogen-bond acceptors (Lipinski definition) is 1. The van der Waals surface area contributed by atoms with Gasteiger partial charge in [0, 0.05) is 10.2 Å². The molecule has 0 radical (unpaired) electrons. The molecule has 2 rings (SSSR count). The largest absolute Gasteiger partial charge is 0.465 e. The Bertz CT molecular complexity index is 543. The average Bonchev–Trinajstić information content (AvgIpc) is 2.37. The van der Waals surface area contributed by atoms with Gasteiger partial charge in [0.25, 0.3) is 0 Å². The molecule has 0 aliphatic rings. The van der Waals surface area contributed by atoms with E-state index in [1.54, 1.807) is 12.1 Å². The Balaban J connectivity index is 2.27. The van der Waals surface area contributed by atoms with Gasteiger partial charge in [0.2, 0.25) is 0 Å². The first-order valence-corrected chi connectivity index (χ1v) is 6.26. The number of carboxylic acid groups (broad SMARTS) is 1. The molecule has 0 aliphatic carbocycles. The van der Waals surface area contributed by atoms with Crippen molar-refractivity contribution in [2.45, 2.75) is 6.54 Å². The minimum atomic E-state index is -0.961. The van der Waals surface area contributed by atoms with Crippen LogP contribution in [0.4, 0.5) is 10.5 Å². The predicted octanol–water partition coefficient (Wildman–Crippen LogP) is 4.13. The molecule has 0 saturated heterocycles. The van der Waals surface area contributed by atoms with Crippen LogP contribution in [0, 0.1) is 0 Å². The number of anilines is 1. The van der Waals surface area contributed by atoms with Crippen LogP contribution in [0.5, 0.6) is 0 Å². The van der Waals surface area contributed by atoms with Gasteiger partial charge in [-0.3, -0.25) is 4.90 Å². The summed E-state index contributed by atoms with van der Waals surface area (Å²) in [6.07, 6.45) is -0.961. The molecule has 0 heterocycles. The number of hydrogen-bond donors (Lipinski definition) is 1. The molecule has 92 valence electrons. The van der Waals surface area contributed by atoms with Gasteiger partial charge in [-0.1, -0.05) is 52.3 Å². The maximum absolute atomic E-state index is 11.3. The molecular weight excluding hydrogens is 294 g/mol. The van der Waals surface area contributed by atoms with Gasteiger partial charge >= 0.3 is 6.09 Å². The van der Waals surface area contributed by atoms with E-state index in [4.69, 9.17) is 0 Å². The van der Waals surface area contributed by atoms with E-state index in [-0.39, 0.29) is 0 Å². The SMILES string of the molecule is O=C(O)N(Cc1ccccc1)c1cccc(Br)c1. The average molecular weight is 306 g/mol. The molecule has 0 aromatic heterocycles. The topological polar surface area (TPSA) is 40.5 Å². The Morgan fingerprint density at radius 2 is 1.83 bits per heavy atom. The summed E-state index contributed by atoms with van der Waals surface area (Å²) in [4.78, 5) is 12.6. The van der Waals surface area contributed by atoms with Gasteiger partial charge in [0.1, 0.15) is 0 Å². The fourth-order valence-corrected chi connectivity index (χ4v) is 2.07. The molecule has 1 N–H and O–H groups in total. The molecule has 18 heavy (non-hydrogen) atoms. The van der Waals surface area contributed by atoms with E-state index in [1.807, 2.05) is 42.5 Å². The molecule has 2 aromatic carbocycles. The molecule has 1 amide bonds. The normalized spacial score (nSPS) is 10.1. The molecule has 0 atom stereocenters. The lowest BCUT2D eigenvalue weighted by Crippen LogP contribution is -2.28. The second-order valence-corrected chi connectivity index (χ2v) is 4.75. The number of amides is 1. The summed E-state index contributed by atoms with van der Waals surface area (Å²) in [5.41, 5.74) is 1.61. The molecule has 0 bridgehead atoms. The van der Waals surface area contributed by atoms with Gasteiger partial charge in [-0.05, 0) is 23.8 Å². The second-order valence-electron chi connectivity index (χ2n) is 3.83. The van der Waals surface area contributed by atoms with Crippen LogP contribution in [0.25, 0.3) is 0 Å². The molecule has 0 aliphatic heterocycles. The van der Waals surface area contributed by atoms with Gasteiger partial charge in [-0.15, -0.1) is 0 Å². The zero-order chi connectivity index (χ0) is 13.0. The van der Waals surface area contributed by atoms with Crippen molar-refractivity contribution in [1.29, 1.82) is 0 Å². The molecule has 0 unspecified atom stereocenters. The van der Waals surface area contributed by atoms with Crippen LogP contribution in [0.1, 0.15) is 5.56 Å². The highest BCUT2D eigenvalue weighted by atomic mass is 79.9. The van der Waals surface area contributed by atoms with Gasteiger partial charge in [-0.2, -0.15) is 0 Å². The Morgan fingerprint density at radius 3 is 2.44 bits per heavy atom. The van der Waals surface area contributed by atoms with Crippen LogP contribution < -0.4 is 4.90 Å². The number of halogens is 1. The quantitative estimate of drug-likeness (QED) is 0.926. The van der Waals surface area contributed by atoms with E-state index in [0.29, 0.717) is 12.2 Å². The standard InChI is InChI=1S/C14H12BrNO2/c15-12-7-4-8-13(9-12)16(14(17)18)10-11-5-2-1-3-6-11/h1-9H,10H2,(H,17,18). The van der Waals surface area contributed by atoms with Crippen LogP contribution in [-0.2, 0) is 6.54 Å². The van der Waals surface area contributed by atoms with Crippen LogP contribution in [0.3, 0.4) is 0 Å². The summed E-state index contributed by atoms with van der Waals surface area (Å²) < 4.78 is 0.860. The maximum atomic E-state index is 11.3. The fraction of sp³-hybridized carbons (Fsp3) is 0.0714. The van der Waals surface area contributed by atoms with Crippen molar-refractivity contribution in [2.75, 3.05) is 4.90 Å². The van der Waals surface area contributed by atoms with E-state index in [0.717, 1.165) is 10.0 Å². The number of carbonyl (C=O) groups is 1. The van der Waals surface area contributed by atoms with Crippen molar-refractivity contribution in [3.8, 4) is 0 Å². The summed E-state index contributed by atoms with van der Waals surface area (Å²) in [6.45, 7) is 0.340. The van der Waals surface area contributed by atoms with E-state index in [1.165, 1.54) is 4.90 Å². The van der Waals surface area contributed by atoms with Gasteiger partial charge < -0.3 is 5.11 Å². The van der Waals surface area contributed by atoms with Crippen molar-refractivity contribution in [1.82, 2.24) is 0 Å².